The van der Waals surface area contributed by atoms with Crippen LogP contribution in [0.4, 0.5) is 0 Å². The van der Waals surface area contributed by atoms with E-state index >= 15 is 0 Å². The van der Waals surface area contributed by atoms with Crippen LogP contribution in [0.15, 0.2) is 24.3 Å². The molecule has 1 rings (SSSR count). The topological polar surface area (TPSA) is 87.1 Å². The molecule has 0 heterocycles. The zero-order chi connectivity index (χ0) is 16.8. The van der Waals surface area contributed by atoms with Crippen LogP contribution in [0.5, 0.6) is 0 Å². The first-order valence-corrected chi connectivity index (χ1v) is 9.03. The van der Waals surface area contributed by atoms with Crippen molar-refractivity contribution in [3.05, 3.63) is 35.4 Å². The fraction of sp³-hybridized carbons (Fsp3) is 0.533. The molecule has 2 N–H and O–H groups in total. The molecule has 8 heteroatoms. The number of amides is 1. The Hall–Kier alpha value is -0.200. The SMILES string of the molecule is CC(=O)N(CCCP(=O)(O)O)OCc1ccc(C(C)C)cc1.[NaH]. The molecule has 0 fully saturated rings. The van der Waals surface area contributed by atoms with Gasteiger partial charge >= 0.3 is 37.2 Å². The summed E-state index contributed by atoms with van der Waals surface area (Å²) in [7, 11) is -4.04. The van der Waals surface area contributed by atoms with Crippen molar-refractivity contribution in [2.45, 2.75) is 39.7 Å². The van der Waals surface area contributed by atoms with Gasteiger partial charge in [0.25, 0.3) is 0 Å². The Morgan fingerprint density at radius 2 is 1.83 bits per heavy atom. The van der Waals surface area contributed by atoms with Gasteiger partial charge in [-0.25, -0.2) is 5.06 Å². The van der Waals surface area contributed by atoms with Crippen molar-refractivity contribution in [3.8, 4) is 0 Å². The van der Waals surface area contributed by atoms with Crippen LogP contribution < -0.4 is 0 Å². The van der Waals surface area contributed by atoms with Crippen molar-refractivity contribution in [1.82, 2.24) is 5.06 Å². The molecule has 0 aliphatic carbocycles. The van der Waals surface area contributed by atoms with E-state index < -0.39 is 7.60 Å². The monoisotopic (exact) mass is 353 g/mol. The van der Waals surface area contributed by atoms with Crippen LogP contribution in [-0.2, 0) is 20.8 Å². The average Bonchev–Trinajstić information content (AvgIpc) is 2.41. The predicted molar refractivity (Wildman–Crippen MR) is 91.4 cm³/mol. The molecule has 0 spiro atoms. The number of carbonyl (C=O) groups excluding carboxylic acids is 1. The molecule has 126 valence electrons. The van der Waals surface area contributed by atoms with E-state index in [4.69, 9.17) is 14.6 Å². The number of hydrogen-bond acceptors (Lipinski definition) is 3. The van der Waals surface area contributed by atoms with Crippen molar-refractivity contribution in [2.75, 3.05) is 12.7 Å². The molecule has 0 saturated carbocycles. The van der Waals surface area contributed by atoms with Gasteiger partial charge in [0.1, 0.15) is 6.61 Å². The third kappa shape index (κ3) is 9.62. The number of rotatable bonds is 8. The van der Waals surface area contributed by atoms with Gasteiger partial charge < -0.3 is 9.79 Å². The first kappa shape index (κ1) is 22.8. The van der Waals surface area contributed by atoms with Crippen molar-refractivity contribution in [1.29, 1.82) is 0 Å². The molecular weight excluding hydrogens is 328 g/mol. The second kappa shape index (κ2) is 10.6. The summed E-state index contributed by atoms with van der Waals surface area (Å²) in [6, 6.07) is 7.94. The van der Waals surface area contributed by atoms with Gasteiger partial charge in [-0.2, -0.15) is 0 Å². The van der Waals surface area contributed by atoms with Gasteiger partial charge in [-0.1, -0.05) is 38.1 Å². The average molecular weight is 353 g/mol. The zero-order valence-electron chi connectivity index (χ0n) is 13.2. The molecule has 0 saturated heterocycles. The normalized spacial score (nSPS) is 11.2. The Balaban J connectivity index is 0.00000484. The van der Waals surface area contributed by atoms with E-state index in [1.807, 2.05) is 24.3 Å². The van der Waals surface area contributed by atoms with Crippen LogP contribution in [0.3, 0.4) is 0 Å². The molecule has 0 atom stereocenters. The fourth-order valence-corrected chi connectivity index (χ4v) is 2.44. The molecule has 23 heavy (non-hydrogen) atoms. The van der Waals surface area contributed by atoms with E-state index in [0.717, 1.165) is 10.6 Å². The molecular formula is C15H25NNaO5P. The molecule has 0 unspecified atom stereocenters. The molecule has 1 aromatic carbocycles. The first-order chi connectivity index (χ1) is 10.2. The minimum atomic E-state index is -4.04. The molecule has 0 radical (unpaired) electrons. The van der Waals surface area contributed by atoms with Gasteiger partial charge in [0, 0.05) is 13.5 Å². The van der Waals surface area contributed by atoms with Crippen LogP contribution in [0.25, 0.3) is 0 Å². The van der Waals surface area contributed by atoms with E-state index in [1.54, 1.807) is 0 Å². The molecule has 0 aromatic heterocycles. The van der Waals surface area contributed by atoms with Gasteiger partial charge in [-0.05, 0) is 23.5 Å². The van der Waals surface area contributed by atoms with Crippen LogP contribution in [0.1, 0.15) is 44.2 Å². The van der Waals surface area contributed by atoms with E-state index in [2.05, 4.69) is 13.8 Å². The quantitative estimate of drug-likeness (QED) is 0.424. The summed E-state index contributed by atoms with van der Waals surface area (Å²) in [6.07, 6.45) is -0.0701. The molecule has 1 amide bonds. The number of hydrogen-bond donors (Lipinski definition) is 2. The van der Waals surface area contributed by atoms with E-state index in [-0.39, 0.29) is 61.2 Å². The summed E-state index contributed by atoms with van der Waals surface area (Å²) < 4.78 is 10.8. The summed E-state index contributed by atoms with van der Waals surface area (Å²) in [5, 5.41) is 1.14. The third-order valence-electron chi connectivity index (χ3n) is 3.20. The summed E-state index contributed by atoms with van der Waals surface area (Å²) in [5.41, 5.74) is 2.17. The zero-order valence-corrected chi connectivity index (χ0v) is 14.1. The standard InChI is InChI=1S/C15H24NO5P.Na.H/c1-12(2)15-7-5-14(6-8-15)11-21-16(13(3)17)9-4-10-22(18,19)20;;/h5-8,12H,4,9-11H2,1-3H3,(H2,18,19,20);;. The Labute approximate surface area is 159 Å². The van der Waals surface area contributed by atoms with Crippen molar-refractivity contribution < 1.29 is 24.0 Å². The predicted octanol–water partition coefficient (Wildman–Crippen LogP) is 2.01. The van der Waals surface area contributed by atoms with Crippen molar-refractivity contribution >= 4 is 43.1 Å². The van der Waals surface area contributed by atoms with Crippen LogP contribution in [0.2, 0.25) is 0 Å². The molecule has 1 aromatic rings. The van der Waals surface area contributed by atoms with E-state index in [9.17, 15) is 9.36 Å². The number of nitrogens with zero attached hydrogens (tertiary/aromatic N) is 1. The van der Waals surface area contributed by atoms with Gasteiger partial charge in [0.2, 0.25) is 5.91 Å². The third-order valence-corrected chi connectivity index (χ3v) is 4.09. The van der Waals surface area contributed by atoms with E-state index in [0.29, 0.717) is 5.92 Å². The van der Waals surface area contributed by atoms with Gasteiger partial charge in [-0.15, -0.1) is 0 Å². The number of carbonyl (C=O) groups is 1. The Morgan fingerprint density at radius 3 is 2.26 bits per heavy atom. The van der Waals surface area contributed by atoms with Crippen molar-refractivity contribution in [3.63, 3.8) is 0 Å². The molecule has 0 aliphatic heterocycles. The molecule has 6 nitrogen and oxygen atoms in total. The minimum absolute atomic E-state index is 0. The maximum absolute atomic E-state index is 11.5. The number of hydroxylamine groups is 2. The van der Waals surface area contributed by atoms with Gasteiger partial charge in [0.05, 0.1) is 6.16 Å². The van der Waals surface area contributed by atoms with Gasteiger partial charge in [0.15, 0.2) is 0 Å². The van der Waals surface area contributed by atoms with E-state index in [1.165, 1.54) is 12.5 Å². The Kier molecular flexibility index (Phi) is 10.5. The second-order valence-electron chi connectivity index (χ2n) is 5.53. The second-order valence-corrected chi connectivity index (χ2v) is 7.31. The van der Waals surface area contributed by atoms with Crippen LogP contribution in [-0.4, -0.2) is 63.0 Å². The summed E-state index contributed by atoms with van der Waals surface area (Å²) in [4.78, 5) is 34.5. The summed E-state index contributed by atoms with van der Waals surface area (Å²) in [6.45, 7) is 5.99. The van der Waals surface area contributed by atoms with Crippen LogP contribution >= 0.6 is 7.60 Å². The molecule has 0 aliphatic rings. The molecule has 0 bridgehead atoms. The first-order valence-electron chi connectivity index (χ1n) is 7.23. The van der Waals surface area contributed by atoms with Gasteiger partial charge in [-0.3, -0.25) is 14.2 Å². The number of benzene rings is 1. The summed E-state index contributed by atoms with van der Waals surface area (Å²) in [5.74, 6) is 0.167. The Bertz CT molecular complexity index is 529. The Morgan fingerprint density at radius 1 is 1.26 bits per heavy atom. The van der Waals surface area contributed by atoms with Crippen molar-refractivity contribution in [2.24, 2.45) is 0 Å². The maximum atomic E-state index is 11.5. The fourth-order valence-electron chi connectivity index (χ4n) is 1.88. The van der Waals surface area contributed by atoms with Crippen LogP contribution in [0, 0.1) is 0 Å². The summed E-state index contributed by atoms with van der Waals surface area (Å²) >= 11 is 0.